The Morgan fingerprint density at radius 1 is 1.07 bits per heavy atom. The van der Waals surface area contributed by atoms with E-state index in [-0.39, 0.29) is 16.1 Å². The van der Waals surface area contributed by atoms with Crippen molar-refractivity contribution in [3.8, 4) is 0 Å². The standard InChI is InChI=1S/C18H18ClF3N2O3S/c1-3-24(4-2)28(26,27)14-8-5-12(6-9-14)17(25)23-13-7-10-16(19)15(11-13)18(20,21)22/h5-11H,3-4H2,1-2H3,(H,23,25). The number of benzene rings is 2. The molecule has 0 bridgehead atoms. The largest absolute Gasteiger partial charge is 0.417 e. The molecule has 0 spiro atoms. The molecule has 0 saturated carbocycles. The van der Waals surface area contributed by atoms with Crippen LogP contribution in [0.4, 0.5) is 18.9 Å². The second-order valence-electron chi connectivity index (χ2n) is 5.76. The van der Waals surface area contributed by atoms with E-state index in [1.165, 1.54) is 34.6 Å². The first-order valence-electron chi connectivity index (χ1n) is 8.29. The maximum absolute atomic E-state index is 12.9. The molecule has 0 fully saturated rings. The minimum absolute atomic E-state index is 0.0265. The van der Waals surface area contributed by atoms with Gasteiger partial charge in [-0.25, -0.2) is 8.42 Å². The second-order valence-corrected chi connectivity index (χ2v) is 8.11. The lowest BCUT2D eigenvalue weighted by atomic mass is 10.1. The van der Waals surface area contributed by atoms with Crippen molar-refractivity contribution in [3.63, 3.8) is 0 Å². The number of carbonyl (C=O) groups is 1. The highest BCUT2D eigenvalue weighted by Gasteiger charge is 2.33. The molecule has 0 aliphatic heterocycles. The molecule has 28 heavy (non-hydrogen) atoms. The average Bonchev–Trinajstić information content (AvgIpc) is 2.63. The number of carbonyl (C=O) groups excluding carboxylic acids is 1. The van der Waals surface area contributed by atoms with Crippen LogP contribution in [0.3, 0.4) is 0 Å². The fraction of sp³-hybridized carbons (Fsp3) is 0.278. The first-order valence-corrected chi connectivity index (χ1v) is 10.1. The van der Waals surface area contributed by atoms with Gasteiger partial charge in [0.1, 0.15) is 0 Å². The molecule has 2 aromatic carbocycles. The highest BCUT2D eigenvalue weighted by atomic mass is 35.5. The molecule has 0 heterocycles. The normalized spacial score (nSPS) is 12.2. The number of nitrogens with one attached hydrogen (secondary N) is 1. The lowest BCUT2D eigenvalue weighted by Gasteiger charge is -2.18. The van der Waals surface area contributed by atoms with Crippen molar-refractivity contribution in [3.05, 3.63) is 58.6 Å². The summed E-state index contributed by atoms with van der Waals surface area (Å²) in [6, 6.07) is 8.18. The molecule has 5 nitrogen and oxygen atoms in total. The van der Waals surface area contributed by atoms with Crippen LogP contribution in [0.5, 0.6) is 0 Å². The summed E-state index contributed by atoms with van der Waals surface area (Å²) >= 11 is 5.55. The van der Waals surface area contributed by atoms with Gasteiger partial charge < -0.3 is 5.32 Å². The Balaban J connectivity index is 2.23. The van der Waals surface area contributed by atoms with Crippen molar-refractivity contribution >= 4 is 33.2 Å². The van der Waals surface area contributed by atoms with Gasteiger partial charge in [0, 0.05) is 24.3 Å². The van der Waals surface area contributed by atoms with E-state index >= 15 is 0 Å². The quantitative estimate of drug-likeness (QED) is 0.720. The van der Waals surface area contributed by atoms with Crippen molar-refractivity contribution < 1.29 is 26.4 Å². The second kappa shape index (κ2) is 8.50. The van der Waals surface area contributed by atoms with Gasteiger partial charge in [-0.2, -0.15) is 17.5 Å². The van der Waals surface area contributed by atoms with Crippen molar-refractivity contribution in [1.82, 2.24) is 4.31 Å². The molecule has 0 atom stereocenters. The SMILES string of the molecule is CCN(CC)S(=O)(=O)c1ccc(C(=O)Nc2ccc(Cl)c(C(F)(F)F)c2)cc1. The number of halogens is 4. The topological polar surface area (TPSA) is 66.5 Å². The number of hydrogen-bond acceptors (Lipinski definition) is 3. The summed E-state index contributed by atoms with van der Waals surface area (Å²) < 4.78 is 64.9. The van der Waals surface area contributed by atoms with Crippen LogP contribution in [-0.4, -0.2) is 31.7 Å². The first-order chi connectivity index (χ1) is 13.0. The highest BCUT2D eigenvalue weighted by molar-refractivity contribution is 7.89. The maximum Gasteiger partial charge on any atom is 0.417 e. The van der Waals surface area contributed by atoms with Gasteiger partial charge in [-0.05, 0) is 42.5 Å². The van der Waals surface area contributed by atoms with Crippen molar-refractivity contribution in [2.75, 3.05) is 18.4 Å². The number of anilines is 1. The number of amides is 1. The summed E-state index contributed by atoms with van der Waals surface area (Å²) in [7, 11) is -3.67. The number of alkyl halides is 3. The molecule has 1 N–H and O–H groups in total. The molecule has 10 heteroatoms. The molecule has 152 valence electrons. The molecule has 0 unspecified atom stereocenters. The Bertz CT molecular complexity index is 957. The summed E-state index contributed by atoms with van der Waals surface area (Å²) in [5.41, 5.74) is -1.05. The lowest BCUT2D eigenvalue weighted by molar-refractivity contribution is -0.137. The zero-order chi connectivity index (χ0) is 21.1. The highest BCUT2D eigenvalue weighted by Crippen LogP contribution is 2.36. The Morgan fingerprint density at radius 3 is 2.14 bits per heavy atom. The monoisotopic (exact) mass is 434 g/mol. The fourth-order valence-corrected chi connectivity index (χ4v) is 4.20. The van der Waals surface area contributed by atoms with Gasteiger partial charge in [0.25, 0.3) is 5.91 Å². The van der Waals surface area contributed by atoms with Crippen molar-refractivity contribution in [2.24, 2.45) is 0 Å². The molecule has 0 radical (unpaired) electrons. The van der Waals surface area contributed by atoms with Gasteiger partial charge in [-0.3, -0.25) is 4.79 Å². The van der Waals surface area contributed by atoms with Crippen LogP contribution in [0, 0.1) is 0 Å². The maximum atomic E-state index is 12.9. The molecule has 0 saturated heterocycles. The molecule has 0 aliphatic rings. The Morgan fingerprint density at radius 2 is 1.64 bits per heavy atom. The zero-order valence-corrected chi connectivity index (χ0v) is 16.6. The third-order valence-corrected chi connectivity index (χ3v) is 6.38. The van der Waals surface area contributed by atoms with Crippen LogP contribution in [0.1, 0.15) is 29.8 Å². The predicted molar refractivity (Wildman–Crippen MR) is 101 cm³/mol. The first kappa shape index (κ1) is 22.2. The molecular formula is C18H18ClF3N2O3S. The van der Waals surface area contributed by atoms with E-state index in [9.17, 15) is 26.4 Å². The minimum Gasteiger partial charge on any atom is -0.322 e. The molecule has 0 aromatic heterocycles. The summed E-state index contributed by atoms with van der Waals surface area (Å²) in [5, 5.41) is 1.87. The van der Waals surface area contributed by atoms with E-state index in [1.54, 1.807) is 13.8 Å². The third kappa shape index (κ3) is 4.84. The lowest BCUT2D eigenvalue weighted by Crippen LogP contribution is -2.30. The van der Waals surface area contributed by atoms with Crippen LogP contribution in [0.2, 0.25) is 5.02 Å². The van der Waals surface area contributed by atoms with E-state index in [1.807, 2.05) is 0 Å². The van der Waals surface area contributed by atoms with Gasteiger partial charge in [0.05, 0.1) is 15.5 Å². The van der Waals surface area contributed by atoms with E-state index < -0.39 is 32.7 Å². The average molecular weight is 435 g/mol. The Labute approximate surface area is 166 Å². The Kier molecular flexibility index (Phi) is 6.74. The molecule has 2 aromatic rings. The van der Waals surface area contributed by atoms with E-state index in [0.717, 1.165) is 12.1 Å². The van der Waals surface area contributed by atoms with Gasteiger partial charge in [0.15, 0.2) is 0 Å². The summed E-state index contributed by atoms with van der Waals surface area (Å²) in [6.07, 6.45) is -4.65. The van der Waals surface area contributed by atoms with Gasteiger partial charge >= 0.3 is 6.18 Å². The van der Waals surface area contributed by atoms with Crippen LogP contribution >= 0.6 is 11.6 Å². The summed E-state index contributed by atoms with van der Waals surface area (Å²) in [4.78, 5) is 12.3. The van der Waals surface area contributed by atoms with E-state index in [2.05, 4.69) is 5.32 Å². The number of nitrogens with zero attached hydrogens (tertiary/aromatic N) is 1. The van der Waals surface area contributed by atoms with Gasteiger partial charge in [-0.1, -0.05) is 25.4 Å². The molecule has 0 aliphatic carbocycles. The smallest absolute Gasteiger partial charge is 0.322 e. The van der Waals surface area contributed by atoms with Crippen molar-refractivity contribution in [2.45, 2.75) is 24.9 Å². The zero-order valence-electron chi connectivity index (χ0n) is 15.0. The van der Waals surface area contributed by atoms with Crippen LogP contribution in [0.25, 0.3) is 0 Å². The fourth-order valence-electron chi connectivity index (χ4n) is 2.51. The van der Waals surface area contributed by atoms with Crippen LogP contribution in [-0.2, 0) is 16.2 Å². The predicted octanol–water partition coefficient (Wildman–Crippen LogP) is 4.64. The summed E-state index contributed by atoms with van der Waals surface area (Å²) in [5.74, 6) is -0.678. The summed E-state index contributed by atoms with van der Waals surface area (Å²) in [6.45, 7) is 4.03. The van der Waals surface area contributed by atoms with E-state index in [4.69, 9.17) is 11.6 Å². The van der Waals surface area contributed by atoms with Crippen molar-refractivity contribution in [1.29, 1.82) is 0 Å². The number of hydrogen-bond donors (Lipinski definition) is 1. The van der Waals surface area contributed by atoms with E-state index in [0.29, 0.717) is 13.1 Å². The number of rotatable bonds is 6. The molecular weight excluding hydrogens is 417 g/mol. The van der Waals surface area contributed by atoms with Crippen LogP contribution in [0.15, 0.2) is 47.4 Å². The van der Waals surface area contributed by atoms with Crippen LogP contribution < -0.4 is 5.32 Å². The third-order valence-electron chi connectivity index (χ3n) is 3.99. The number of sulfonamides is 1. The Hall–Kier alpha value is -2.10. The molecule has 2 rings (SSSR count). The molecule has 1 amide bonds. The minimum atomic E-state index is -4.65. The van der Waals surface area contributed by atoms with Gasteiger partial charge in [0.2, 0.25) is 10.0 Å². The van der Waals surface area contributed by atoms with Gasteiger partial charge in [-0.15, -0.1) is 0 Å².